The minimum atomic E-state index is -0.435. The van der Waals surface area contributed by atoms with E-state index in [9.17, 15) is 4.79 Å². The van der Waals surface area contributed by atoms with E-state index in [2.05, 4.69) is 9.97 Å². The first-order valence-electron chi connectivity index (χ1n) is 9.48. The molecule has 1 fully saturated rings. The molecule has 0 saturated heterocycles. The third kappa shape index (κ3) is 3.25. The highest BCUT2D eigenvalue weighted by Gasteiger charge is 2.23. The molecule has 1 aliphatic carbocycles. The Morgan fingerprint density at radius 2 is 2.04 bits per heavy atom. The molecule has 142 valence electrons. The lowest BCUT2D eigenvalue weighted by Crippen LogP contribution is -2.12. The van der Waals surface area contributed by atoms with E-state index in [1.165, 1.54) is 12.8 Å². The number of nitrogens with one attached hydrogen (secondary N) is 1. The van der Waals surface area contributed by atoms with Crippen LogP contribution in [0.5, 0.6) is 5.75 Å². The number of rotatable bonds is 6. The number of carbonyl (C=O) groups is 1. The van der Waals surface area contributed by atoms with Crippen molar-refractivity contribution >= 4 is 27.8 Å². The number of pyridine rings is 1. The SMILES string of the molecule is CCOC(=O)c1ncc2[nH]c3cccc(OC4CCCC4)c3c2c1COC. The van der Waals surface area contributed by atoms with Crippen LogP contribution in [0.25, 0.3) is 21.8 Å². The first-order valence-corrected chi connectivity index (χ1v) is 9.48. The second-order valence-corrected chi connectivity index (χ2v) is 6.86. The summed E-state index contributed by atoms with van der Waals surface area (Å²) in [6.45, 7) is 2.35. The Morgan fingerprint density at radius 1 is 1.22 bits per heavy atom. The number of fused-ring (bicyclic) bond motifs is 3. The van der Waals surface area contributed by atoms with Crippen LogP contribution in [0.4, 0.5) is 0 Å². The predicted molar refractivity (Wildman–Crippen MR) is 103 cm³/mol. The van der Waals surface area contributed by atoms with Gasteiger partial charge < -0.3 is 19.2 Å². The topological polar surface area (TPSA) is 73.4 Å². The molecule has 1 saturated carbocycles. The molecule has 0 spiro atoms. The van der Waals surface area contributed by atoms with Crippen LogP contribution in [-0.2, 0) is 16.1 Å². The lowest BCUT2D eigenvalue weighted by molar-refractivity contribution is 0.0514. The van der Waals surface area contributed by atoms with E-state index in [1.807, 2.05) is 18.2 Å². The molecule has 0 bridgehead atoms. The molecule has 0 amide bonds. The van der Waals surface area contributed by atoms with Gasteiger partial charge in [0, 0.05) is 23.4 Å². The van der Waals surface area contributed by atoms with Crippen molar-refractivity contribution in [3.8, 4) is 5.75 Å². The Balaban J connectivity index is 1.93. The molecule has 4 rings (SSSR count). The van der Waals surface area contributed by atoms with Gasteiger partial charge in [0.2, 0.25) is 0 Å². The van der Waals surface area contributed by atoms with E-state index in [-0.39, 0.29) is 12.7 Å². The van der Waals surface area contributed by atoms with Crippen molar-refractivity contribution in [2.45, 2.75) is 45.3 Å². The van der Waals surface area contributed by atoms with Crippen LogP contribution in [0.15, 0.2) is 24.4 Å². The highest BCUT2D eigenvalue weighted by molar-refractivity contribution is 6.13. The molecule has 0 unspecified atom stereocenters. The van der Waals surface area contributed by atoms with E-state index >= 15 is 0 Å². The summed E-state index contributed by atoms with van der Waals surface area (Å²) in [6, 6.07) is 5.99. The standard InChI is InChI=1S/C21H24N2O4/c1-3-26-21(24)20-14(12-25-2)18-16(11-22-20)23-15-9-6-10-17(19(15)18)27-13-7-4-5-8-13/h6,9-11,13,23H,3-5,7-8,12H2,1-2H3. The quantitative estimate of drug-likeness (QED) is 0.655. The molecule has 3 aromatic rings. The van der Waals surface area contributed by atoms with Crippen molar-refractivity contribution in [2.24, 2.45) is 0 Å². The lowest BCUT2D eigenvalue weighted by Gasteiger charge is -2.15. The smallest absolute Gasteiger partial charge is 0.357 e. The highest BCUT2D eigenvalue weighted by Crippen LogP contribution is 2.38. The summed E-state index contributed by atoms with van der Waals surface area (Å²) in [5.74, 6) is 0.402. The molecule has 1 aliphatic rings. The lowest BCUT2D eigenvalue weighted by atomic mass is 10.0. The van der Waals surface area contributed by atoms with Crippen LogP contribution in [0, 0.1) is 0 Å². The van der Waals surface area contributed by atoms with Gasteiger partial charge in [-0.3, -0.25) is 0 Å². The summed E-state index contributed by atoms with van der Waals surface area (Å²) in [5, 5.41) is 1.89. The largest absolute Gasteiger partial charge is 0.490 e. The number of hydrogen-bond donors (Lipinski definition) is 1. The van der Waals surface area contributed by atoms with Crippen LogP contribution < -0.4 is 4.74 Å². The van der Waals surface area contributed by atoms with Gasteiger partial charge in [0.15, 0.2) is 5.69 Å². The molecule has 6 heteroatoms. The Hall–Kier alpha value is -2.60. The van der Waals surface area contributed by atoms with Crippen molar-refractivity contribution in [2.75, 3.05) is 13.7 Å². The number of aromatic amines is 1. The second-order valence-electron chi connectivity index (χ2n) is 6.86. The van der Waals surface area contributed by atoms with Gasteiger partial charge in [0.25, 0.3) is 0 Å². The third-order valence-electron chi connectivity index (χ3n) is 5.08. The van der Waals surface area contributed by atoms with Crippen molar-refractivity contribution < 1.29 is 19.0 Å². The van der Waals surface area contributed by atoms with Crippen LogP contribution in [0.2, 0.25) is 0 Å². The summed E-state index contributed by atoms with van der Waals surface area (Å²) < 4.78 is 16.9. The van der Waals surface area contributed by atoms with Crippen LogP contribution in [0.3, 0.4) is 0 Å². The molecule has 2 heterocycles. The summed E-state index contributed by atoms with van der Waals surface area (Å²) in [7, 11) is 1.61. The first kappa shape index (κ1) is 17.8. The molecular formula is C21H24N2O4. The minimum absolute atomic E-state index is 0.248. The molecule has 1 N–H and O–H groups in total. The minimum Gasteiger partial charge on any atom is -0.490 e. The van der Waals surface area contributed by atoms with E-state index in [0.29, 0.717) is 12.3 Å². The Kier molecular flexibility index (Phi) is 4.99. The van der Waals surface area contributed by atoms with Crippen molar-refractivity contribution in [3.63, 3.8) is 0 Å². The summed E-state index contributed by atoms with van der Waals surface area (Å²) in [5.41, 5.74) is 2.83. The zero-order valence-corrected chi connectivity index (χ0v) is 15.7. The zero-order valence-electron chi connectivity index (χ0n) is 15.7. The fourth-order valence-corrected chi connectivity index (χ4v) is 3.92. The molecule has 1 aromatic carbocycles. The molecule has 0 aliphatic heterocycles. The van der Waals surface area contributed by atoms with Gasteiger partial charge in [-0.15, -0.1) is 0 Å². The van der Waals surface area contributed by atoms with Crippen LogP contribution in [0.1, 0.15) is 48.7 Å². The van der Waals surface area contributed by atoms with Gasteiger partial charge >= 0.3 is 5.97 Å². The number of esters is 1. The maximum atomic E-state index is 12.4. The monoisotopic (exact) mass is 368 g/mol. The van der Waals surface area contributed by atoms with Crippen molar-refractivity contribution in [1.29, 1.82) is 0 Å². The maximum Gasteiger partial charge on any atom is 0.357 e. The molecule has 2 aromatic heterocycles. The number of carbonyl (C=O) groups excluding carboxylic acids is 1. The normalized spacial score (nSPS) is 14.9. The fraction of sp³-hybridized carbons (Fsp3) is 0.429. The molecular weight excluding hydrogens is 344 g/mol. The molecule has 6 nitrogen and oxygen atoms in total. The summed E-state index contributed by atoms with van der Waals surface area (Å²) in [4.78, 5) is 20.2. The molecule has 0 atom stereocenters. The second kappa shape index (κ2) is 7.56. The van der Waals surface area contributed by atoms with E-state index in [1.54, 1.807) is 20.2 Å². The molecule has 27 heavy (non-hydrogen) atoms. The number of hydrogen-bond acceptors (Lipinski definition) is 5. The number of H-pyrrole nitrogens is 1. The van der Waals surface area contributed by atoms with Crippen LogP contribution in [-0.4, -0.2) is 35.8 Å². The van der Waals surface area contributed by atoms with Crippen molar-refractivity contribution in [1.82, 2.24) is 9.97 Å². The Labute approximate surface area is 157 Å². The summed E-state index contributed by atoms with van der Waals surface area (Å²) in [6.07, 6.45) is 6.51. The third-order valence-corrected chi connectivity index (χ3v) is 5.08. The van der Waals surface area contributed by atoms with Crippen LogP contribution >= 0.6 is 0 Å². The number of ether oxygens (including phenoxy) is 3. The van der Waals surface area contributed by atoms with Gasteiger partial charge in [-0.1, -0.05) is 6.07 Å². The number of nitrogens with zero attached hydrogens (tertiary/aromatic N) is 1. The number of benzene rings is 1. The van der Waals surface area contributed by atoms with E-state index in [0.717, 1.165) is 46.0 Å². The number of methoxy groups -OCH3 is 1. The van der Waals surface area contributed by atoms with Gasteiger partial charge in [-0.25, -0.2) is 9.78 Å². The van der Waals surface area contributed by atoms with E-state index in [4.69, 9.17) is 14.2 Å². The average Bonchev–Trinajstić information content (AvgIpc) is 3.30. The van der Waals surface area contributed by atoms with E-state index < -0.39 is 5.97 Å². The zero-order chi connectivity index (χ0) is 18.8. The molecule has 0 radical (unpaired) electrons. The number of aromatic nitrogens is 2. The first-order chi connectivity index (χ1) is 13.2. The van der Waals surface area contributed by atoms with Gasteiger partial charge in [0.05, 0.1) is 36.5 Å². The Morgan fingerprint density at radius 3 is 2.78 bits per heavy atom. The summed E-state index contributed by atoms with van der Waals surface area (Å²) >= 11 is 0. The predicted octanol–water partition coefficient (Wildman–Crippen LogP) is 4.36. The highest BCUT2D eigenvalue weighted by atomic mass is 16.5. The Bertz CT molecular complexity index is 973. The van der Waals surface area contributed by atoms with Gasteiger partial charge in [-0.2, -0.15) is 0 Å². The van der Waals surface area contributed by atoms with Crippen molar-refractivity contribution in [3.05, 3.63) is 35.7 Å². The average molecular weight is 368 g/mol. The fourth-order valence-electron chi connectivity index (χ4n) is 3.92. The van der Waals surface area contributed by atoms with Gasteiger partial charge in [0.1, 0.15) is 5.75 Å². The maximum absolute atomic E-state index is 12.4. The van der Waals surface area contributed by atoms with Gasteiger partial charge in [-0.05, 0) is 44.7 Å².